The van der Waals surface area contributed by atoms with E-state index in [2.05, 4.69) is 19.2 Å². The fourth-order valence-electron chi connectivity index (χ4n) is 2.18. The van der Waals surface area contributed by atoms with Gasteiger partial charge in [0.25, 0.3) is 0 Å². The highest BCUT2D eigenvalue weighted by Gasteiger charge is 2.19. The van der Waals surface area contributed by atoms with Gasteiger partial charge in [0.2, 0.25) is 0 Å². The Labute approximate surface area is 104 Å². The average Bonchev–Trinajstić information content (AvgIpc) is 2.28. The zero-order chi connectivity index (χ0) is 13.0. The Kier molecular flexibility index (Phi) is 4.97. The van der Waals surface area contributed by atoms with E-state index in [1.54, 1.807) is 7.11 Å². The molecule has 0 fully saturated rings. The number of ether oxygens (including phenoxy) is 1. The third kappa shape index (κ3) is 2.99. The van der Waals surface area contributed by atoms with Crippen LogP contribution >= 0.6 is 0 Å². The van der Waals surface area contributed by atoms with Gasteiger partial charge in [-0.3, -0.25) is 0 Å². The van der Waals surface area contributed by atoms with Crippen molar-refractivity contribution in [1.82, 2.24) is 5.32 Å². The van der Waals surface area contributed by atoms with Gasteiger partial charge in [0.1, 0.15) is 5.75 Å². The number of nitrogens with one attached hydrogen (secondary N) is 1. The molecule has 1 rings (SSSR count). The van der Waals surface area contributed by atoms with Crippen molar-refractivity contribution in [3.8, 4) is 5.75 Å². The molecule has 0 radical (unpaired) electrons. The topological polar surface area (TPSA) is 41.5 Å². The van der Waals surface area contributed by atoms with Gasteiger partial charge >= 0.3 is 0 Å². The molecule has 0 amide bonds. The highest BCUT2D eigenvalue weighted by molar-refractivity contribution is 5.48. The number of likely N-dealkylation sites (N-methyl/N-ethyl adjacent to an activating group) is 1. The number of benzene rings is 1. The monoisotopic (exact) mass is 237 g/mol. The number of methoxy groups -OCH3 is 1. The van der Waals surface area contributed by atoms with E-state index in [-0.39, 0.29) is 0 Å². The lowest BCUT2D eigenvalue weighted by molar-refractivity contribution is 0.176. The fraction of sp³-hybridized carbons (Fsp3) is 0.571. The number of hydrogen-bond acceptors (Lipinski definition) is 3. The Balaban J connectivity index is 3.30. The van der Waals surface area contributed by atoms with Gasteiger partial charge in [-0.25, -0.2) is 0 Å². The molecule has 0 aliphatic carbocycles. The van der Waals surface area contributed by atoms with Gasteiger partial charge in [-0.15, -0.1) is 0 Å². The molecular formula is C14H23NO2. The zero-order valence-electron chi connectivity index (χ0n) is 11.4. The molecule has 3 heteroatoms. The summed E-state index contributed by atoms with van der Waals surface area (Å²) >= 11 is 0. The van der Waals surface area contributed by atoms with Crippen molar-refractivity contribution in [3.05, 3.63) is 28.8 Å². The molecule has 0 aliphatic heterocycles. The van der Waals surface area contributed by atoms with Crippen LogP contribution in [0.4, 0.5) is 0 Å². The molecule has 0 heterocycles. The van der Waals surface area contributed by atoms with Crippen LogP contribution in [0.5, 0.6) is 5.75 Å². The SMILES string of the molecule is CNCC(O)c1ccc(C)c(OC)c1C(C)C. The fourth-order valence-corrected chi connectivity index (χ4v) is 2.18. The van der Waals surface area contributed by atoms with Gasteiger partial charge in [0.05, 0.1) is 13.2 Å². The van der Waals surface area contributed by atoms with Crippen molar-refractivity contribution >= 4 is 0 Å². The maximum absolute atomic E-state index is 10.1. The van der Waals surface area contributed by atoms with Crippen molar-refractivity contribution in [1.29, 1.82) is 0 Å². The van der Waals surface area contributed by atoms with Crippen molar-refractivity contribution in [2.24, 2.45) is 0 Å². The molecule has 1 aromatic rings. The predicted octanol–water partition coefficient (Wildman–Crippen LogP) is 2.38. The van der Waals surface area contributed by atoms with Crippen LogP contribution in [-0.2, 0) is 0 Å². The van der Waals surface area contributed by atoms with Crippen LogP contribution in [0.1, 0.15) is 42.6 Å². The summed E-state index contributed by atoms with van der Waals surface area (Å²) in [6, 6.07) is 3.99. The molecule has 0 aliphatic rings. The summed E-state index contributed by atoms with van der Waals surface area (Å²) in [5.74, 6) is 1.22. The normalized spacial score (nSPS) is 12.9. The Morgan fingerprint density at radius 2 is 2.00 bits per heavy atom. The lowest BCUT2D eigenvalue weighted by Gasteiger charge is -2.22. The van der Waals surface area contributed by atoms with Crippen LogP contribution in [0.2, 0.25) is 0 Å². The van der Waals surface area contributed by atoms with Crippen LogP contribution in [0, 0.1) is 6.92 Å². The predicted molar refractivity (Wildman–Crippen MR) is 70.7 cm³/mol. The zero-order valence-corrected chi connectivity index (χ0v) is 11.4. The van der Waals surface area contributed by atoms with E-state index in [4.69, 9.17) is 4.74 Å². The van der Waals surface area contributed by atoms with E-state index >= 15 is 0 Å². The summed E-state index contributed by atoms with van der Waals surface area (Å²) < 4.78 is 5.47. The summed E-state index contributed by atoms with van der Waals surface area (Å²) in [5, 5.41) is 13.1. The molecule has 1 unspecified atom stereocenters. The van der Waals surface area contributed by atoms with E-state index in [1.807, 2.05) is 26.1 Å². The molecule has 0 aromatic heterocycles. The molecule has 0 saturated carbocycles. The van der Waals surface area contributed by atoms with Crippen LogP contribution in [-0.4, -0.2) is 25.8 Å². The lowest BCUT2D eigenvalue weighted by Crippen LogP contribution is -2.18. The number of aliphatic hydroxyl groups excluding tert-OH is 1. The Morgan fingerprint density at radius 1 is 1.35 bits per heavy atom. The molecule has 3 nitrogen and oxygen atoms in total. The smallest absolute Gasteiger partial charge is 0.125 e. The number of aliphatic hydroxyl groups is 1. The average molecular weight is 237 g/mol. The molecular weight excluding hydrogens is 214 g/mol. The van der Waals surface area contributed by atoms with Gasteiger partial charge in [-0.1, -0.05) is 26.0 Å². The van der Waals surface area contributed by atoms with Crippen molar-refractivity contribution < 1.29 is 9.84 Å². The second-order valence-electron chi connectivity index (χ2n) is 4.65. The second-order valence-corrected chi connectivity index (χ2v) is 4.65. The maximum Gasteiger partial charge on any atom is 0.125 e. The first-order chi connectivity index (χ1) is 8.02. The molecule has 0 bridgehead atoms. The summed E-state index contributed by atoms with van der Waals surface area (Å²) in [4.78, 5) is 0. The Hall–Kier alpha value is -1.06. The van der Waals surface area contributed by atoms with Crippen LogP contribution in [0.25, 0.3) is 0 Å². The standard InChI is InChI=1S/C14H23NO2/c1-9(2)13-11(12(16)8-15-4)7-6-10(3)14(13)17-5/h6-7,9,12,15-16H,8H2,1-5H3. The molecule has 1 aromatic carbocycles. The van der Waals surface area contributed by atoms with Gasteiger partial charge in [-0.2, -0.15) is 0 Å². The van der Waals surface area contributed by atoms with Crippen molar-refractivity contribution in [3.63, 3.8) is 0 Å². The van der Waals surface area contributed by atoms with Crippen LogP contribution in [0.15, 0.2) is 12.1 Å². The first-order valence-electron chi connectivity index (χ1n) is 6.03. The van der Waals surface area contributed by atoms with E-state index in [1.165, 1.54) is 0 Å². The largest absolute Gasteiger partial charge is 0.496 e. The van der Waals surface area contributed by atoms with Gasteiger partial charge in [0, 0.05) is 12.1 Å². The first kappa shape index (κ1) is 14.0. The minimum Gasteiger partial charge on any atom is -0.496 e. The highest BCUT2D eigenvalue weighted by Crippen LogP contribution is 2.35. The van der Waals surface area contributed by atoms with Crippen LogP contribution in [0.3, 0.4) is 0 Å². The molecule has 2 N–H and O–H groups in total. The van der Waals surface area contributed by atoms with E-state index in [9.17, 15) is 5.11 Å². The van der Waals surface area contributed by atoms with Crippen molar-refractivity contribution in [2.75, 3.05) is 20.7 Å². The molecule has 1 atom stereocenters. The summed E-state index contributed by atoms with van der Waals surface area (Å²) in [6.45, 7) is 6.81. The molecule has 17 heavy (non-hydrogen) atoms. The highest BCUT2D eigenvalue weighted by atomic mass is 16.5. The quantitative estimate of drug-likeness (QED) is 0.826. The summed E-state index contributed by atoms with van der Waals surface area (Å²) in [7, 11) is 3.52. The van der Waals surface area contributed by atoms with Crippen LogP contribution < -0.4 is 10.1 Å². The first-order valence-corrected chi connectivity index (χ1v) is 6.03. The third-order valence-electron chi connectivity index (χ3n) is 2.96. The second kappa shape index (κ2) is 6.03. The minimum absolute atomic E-state index is 0.325. The molecule has 96 valence electrons. The minimum atomic E-state index is -0.494. The number of hydrogen-bond donors (Lipinski definition) is 2. The van der Waals surface area contributed by atoms with Gasteiger partial charge < -0.3 is 15.2 Å². The number of aryl methyl sites for hydroxylation is 1. The van der Waals surface area contributed by atoms with E-state index < -0.39 is 6.10 Å². The van der Waals surface area contributed by atoms with E-state index in [0.717, 1.165) is 22.4 Å². The molecule has 0 spiro atoms. The molecule has 0 saturated heterocycles. The number of rotatable bonds is 5. The Morgan fingerprint density at radius 3 is 2.47 bits per heavy atom. The van der Waals surface area contributed by atoms with Gasteiger partial charge in [-0.05, 0) is 31.0 Å². The van der Waals surface area contributed by atoms with Crippen molar-refractivity contribution in [2.45, 2.75) is 32.8 Å². The lowest BCUT2D eigenvalue weighted by atomic mass is 9.91. The Bertz CT molecular complexity index is 375. The van der Waals surface area contributed by atoms with Gasteiger partial charge in [0.15, 0.2) is 0 Å². The third-order valence-corrected chi connectivity index (χ3v) is 2.96. The maximum atomic E-state index is 10.1. The summed E-state index contributed by atoms with van der Waals surface area (Å²) in [5.41, 5.74) is 3.17. The summed E-state index contributed by atoms with van der Waals surface area (Å²) in [6.07, 6.45) is -0.494. The van der Waals surface area contributed by atoms with E-state index in [0.29, 0.717) is 12.5 Å².